The van der Waals surface area contributed by atoms with Gasteiger partial charge in [-0.1, -0.05) is 15.9 Å². The van der Waals surface area contributed by atoms with E-state index in [2.05, 4.69) is 47.8 Å². The van der Waals surface area contributed by atoms with Gasteiger partial charge in [-0.05, 0) is 44.0 Å². The molecule has 0 bridgehead atoms. The summed E-state index contributed by atoms with van der Waals surface area (Å²) in [5.41, 5.74) is 1.89. The molecule has 4 aliphatic rings. The molecule has 0 radical (unpaired) electrons. The molecule has 0 spiro atoms. The zero-order chi connectivity index (χ0) is 19.3. The van der Waals surface area contributed by atoms with Crippen molar-refractivity contribution in [1.82, 2.24) is 14.7 Å². The Bertz CT molecular complexity index is 877. The summed E-state index contributed by atoms with van der Waals surface area (Å²) in [5.74, 6) is 0.274. The molecule has 0 atom stereocenters. The van der Waals surface area contributed by atoms with Crippen molar-refractivity contribution in [1.29, 1.82) is 0 Å². The molecule has 3 fully saturated rings. The van der Waals surface area contributed by atoms with Crippen LogP contribution in [0.25, 0.3) is 0 Å². The molecule has 9 heteroatoms. The van der Waals surface area contributed by atoms with Gasteiger partial charge in [0.1, 0.15) is 17.1 Å². The Kier molecular flexibility index (Phi) is 5.11. The van der Waals surface area contributed by atoms with Gasteiger partial charge in [0.2, 0.25) is 11.6 Å². The van der Waals surface area contributed by atoms with Crippen LogP contribution < -0.4 is 0 Å². The van der Waals surface area contributed by atoms with Gasteiger partial charge in [0, 0.05) is 49.8 Å². The van der Waals surface area contributed by atoms with Crippen LogP contribution in [0.1, 0.15) is 0 Å². The van der Waals surface area contributed by atoms with Crippen LogP contribution in [-0.2, 0) is 9.59 Å². The fourth-order valence-electron chi connectivity index (χ4n) is 2.81. The molecule has 0 aromatic heterocycles. The van der Waals surface area contributed by atoms with Crippen LogP contribution in [0.2, 0.25) is 0 Å². The second kappa shape index (κ2) is 7.25. The number of carbonyl (C=O) groups excluding carboxylic acids is 2. The first-order valence-electron chi connectivity index (χ1n) is 8.50. The number of hydrogen-bond acceptors (Lipinski definition) is 6. The van der Waals surface area contributed by atoms with E-state index in [9.17, 15) is 14.7 Å². The van der Waals surface area contributed by atoms with Crippen molar-refractivity contribution in [2.75, 3.05) is 39.3 Å². The number of allylic oxidation sites excluding steroid dienone is 1. The normalized spacial score (nSPS) is 20.4. The van der Waals surface area contributed by atoms with E-state index in [0.29, 0.717) is 26.0 Å². The van der Waals surface area contributed by atoms with Crippen molar-refractivity contribution in [2.24, 2.45) is 0 Å². The SMILES string of the molecule is O=C1C=C(N2CC2)C(=O)C(N2CC2)=C1N1CC1.Oc1c(Br)cc(Br)cc1Br. The van der Waals surface area contributed by atoms with Crippen molar-refractivity contribution >= 4 is 59.4 Å². The molecule has 3 aliphatic heterocycles. The van der Waals surface area contributed by atoms with Gasteiger partial charge in [-0.25, -0.2) is 0 Å². The van der Waals surface area contributed by atoms with Crippen LogP contribution in [0, 0.1) is 0 Å². The number of ketones is 2. The number of benzene rings is 1. The summed E-state index contributed by atoms with van der Waals surface area (Å²) in [5, 5.41) is 9.22. The summed E-state index contributed by atoms with van der Waals surface area (Å²) in [6, 6.07) is 3.56. The monoisotopic (exact) mass is 559 g/mol. The van der Waals surface area contributed by atoms with E-state index in [-0.39, 0.29) is 17.3 Å². The van der Waals surface area contributed by atoms with Crippen LogP contribution in [0.15, 0.2) is 48.7 Å². The van der Waals surface area contributed by atoms with Gasteiger partial charge in [0.15, 0.2) is 0 Å². The first-order valence-corrected chi connectivity index (χ1v) is 10.9. The summed E-state index contributed by atoms with van der Waals surface area (Å²) >= 11 is 9.65. The molecule has 6 nitrogen and oxygen atoms in total. The van der Waals surface area contributed by atoms with Crippen molar-refractivity contribution in [3.8, 4) is 5.75 Å². The minimum Gasteiger partial charge on any atom is -0.506 e. The number of rotatable bonds is 3. The maximum absolute atomic E-state index is 12.4. The number of halogens is 3. The van der Waals surface area contributed by atoms with E-state index >= 15 is 0 Å². The van der Waals surface area contributed by atoms with Crippen molar-refractivity contribution in [3.05, 3.63) is 48.7 Å². The molecular weight excluding hydrogens is 546 g/mol. The third-order valence-corrected chi connectivity index (χ3v) is 6.14. The fourth-order valence-corrected chi connectivity index (χ4v) is 5.07. The second-order valence-corrected chi connectivity index (χ2v) is 9.22. The molecule has 0 saturated carbocycles. The highest BCUT2D eigenvalue weighted by Gasteiger charge is 2.43. The van der Waals surface area contributed by atoms with Gasteiger partial charge in [-0.15, -0.1) is 0 Å². The lowest BCUT2D eigenvalue weighted by atomic mass is 10.0. The largest absolute Gasteiger partial charge is 0.506 e. The Balaban J connectivity index is 0.000000155. The zero-order valence-corrected chi connectivity index (χ0v) is 19.0. The predicted molar refractivity (Wildman–Crippen MR) is 111 cm³/mol. The highest BCUT2D eigenvalue weighted by Crippen LogP contribution is 2.35. The number of aromatic hydroxyl groups is 1. The van der Waals surface area contributed by atoms with E-state index in [0.717, 1.165) is 43.7 Å². The molecule has 142 valence electrons. The highest BCUT2D eigenvalue weighted by molar-refractivity contribution is 9.11. The summed E-state index contributed by atoms with van der Waals surface area (Å²) in [7, 11) is 0. The van der Waals surface area contributed by atoms with Crippen molar-refractivity contribution in [2.45, 2.75) is 0 Å². The molecule has 27 heavy (non-hydrogen) atoms. The highest BCUT2D eigenvalue weighted by atomic mass is 79.9. The average Bonchev–Trinajstić information content (AvgIpc) is 3.48. The van der Waals surface area contributed by atoms with Crippen LogP contribution >= 0.6 is 47.8 Å². The first kappa shape index (κ1) is 19.0. The lowest BCUT2D eigenvalue weighted by molar-refractivity contribution is -0.117. The Morgan fingerprint density at radius 1 is 0.778 bits per heavy atom. The van der Waals surface area contributed by atoms with Crippen LogP contribution in [0.5, 0.6) is 5.75 Å². The van der Waals surface area contributed by atoms with E-state index in [1.54, 1.807) is 12.1 Å². The molecule has 0 unspecified atom stereocenters. The third-order valence-electron chi connectivity index (χ3n) is 4.47. The number of hydrogen-bond donors (Lipinski definition) is 1. The fraction of sp³-hybridized carbons (Fsp3) is 0.333. The van der Waals surface area contributed by atoms with E-state index < -0.39 is 0 Å². The van der Waals surface area contributed by atoms with E-state index in [4.69, 9.17) is 0 Å². The summed E-state index contributed by atoms with van der Waals surface area (Å²) < 4.78 is 2.27. The van der Waals surface area contributed by atoms with Gasteiger partial charge in [-0.2, -0.15) is 0 Å². The maximum Gasteiger partial charge on any atom is 0.227 e. The molecule has 1 aromatic carbocycles. The number of phenols is 1. The van der Waals surface area contributed by atoms with Gasteiger partial charge in [0.05, 0.1) is 14.6 Å². The number of nitrogens with zero attached hydrogens (tertiary/aromatic N) is 3. The molecule has 5 rings (SSSR count). The Hall–Kier alpha value is -1.32. The molecule has 0 amide bonds. The molecular formula is C18H16Br3N3O3. The smallest absolute Gasteiger partial charge is 0.227 e. The lowest BCUT2D eigenvalue weighted by Crippen LogP contribution is -2.29. The standard InChI is InChI=1S/C12H13N3O2.C6H3Br3O/c16-9-7-8(13-1-2-13)12(17)11(15-5-6-15)10(9)14-3-4-14;7-3-1-4(8)6(10)5(9)2-3/h7H,1-6H2;1-2,10H. The summed E-state index contributed by atoms with van der Waals surface area (Å²) in [4.78, 5) is 30.5. The Morgan fingerprint density at radius 2 is 1.26 bits per heavy atom. The summed E-state index contributed by atoms with van der Waals surface area (Å²) in [6.07, 6.45) is 1.52. The molecule has 1 N–H and O–H groups in total. The van der Waals surface area contributed by atoms with Crippen LogP contribution in [0.4, 0.5) is 0 Å². The van der Waals surface area contributed by atoms with Crippen molar-refractivity contribution < 1.29 is 14.7 Å². The Morgan fingerprint density at radius 3 is 1.74 bits per heavy atom. The molecule has 3 saturated heterocycles. The van der Waals surface area contributed by atoms with Gasteiger partial charge < -0.3 is 19.8 Å². The van der Waals surface area contributed by atoms with Gasteiger partial charge in [0.25, 0.3) is 0 Å². The van der Waals surface area contributed by atoms with Crippen molar-refractivity contribution in [3.63, 3.8) is 0 Å². The molecule has 3 heterocycles. The zero-order valence-electron chi connectivity index (χ0n) is 14.2. The first-order chi connectivity index (χ1) is 12.9. The quantitative estimate of drug-likeness (QED) is 0.452. The van der Waals surface area contributed by atoms with Gasteiger partial charge in [-0.3, -0.25) is 9.59 Å². The second-order valence-electron chi connectivity index (χ2n) is 6.60. The summed E-state index contributed by atoms with van der Waals surface area (Å²) in [6.45, 7) is 5.41. The van der Waals surface area contributed by atoms with E-state index in [1.807, 2.05) is 14.7 Å². The number of carbonyl (C=O) groups is 2. The minimum absolute atomic E-state index is 0.00546. The van der Waals surface area contributed by atoms with Gasteiger partial charge >= 0.3 is 0 Å². The lowest BCUT2D eigenvalue weighted by Gasteiger charge is -2.21. The topological polar surface area (TPSA) is 63.4 Å². The maximum atomic E-state index is 12.4. The molecule has 1 aliphatic carbocycles. The molecule has 1 aromatic rings. The average molecular weight is 562 g/mol. The third kappa shape index (κ3) is 4.09. The number of Topliss-reactive ketones (excluding diaryl/α,β-unsaturated/α-hetero) is 1. The minimum atomic E-state index is 0.00546. The van der Waals surface area contributed by atoms with E-state index in [1.165, 1.54) is 6.08 Å². The van der Waals surface area contributed by atoms with Crippen LogP contribution in [0.3, 0.4) is 0 Å². The Labute approximate surface area is 181 Å². The predicted octanol–water partition coefficient (Wildman–Crippen LogP) is 2.86. The van der Waals surface area contributed by atoms with Crippen LogP contribution in [-0.4, -0.2) is 70.6 Å². The number of phenolic OH excluding ortho intramolecular Hbond substituents is 1.